The van der Waals surface area contributed by atoms with Gasteiger partial charge in [0, 0.05) is 11.3 Å². The number of hydrogen-bond donors (Lipinski definition) is 1. The number of aliphatic hydroxyl groups excluding tert-OH is 1. The molecule has 4 rings (SSSR count). The fourth-order valence-corrected chi connectivity index (χ4v) is 4.18. The van der Waals surface area contributed by atoms with Crippen molar-refractivity contribution >= 4 is 29.1 Å². The van der Waals surface area contributed by atoms with Gasteiger partial charge >= 0.3 is 5.97 Å². The zero-order valence-electron chi connectivity index (χ0n) is 20.3. The van der Waals surface area contributed by atoms with Gasteiger partial charge in [0.05, 0.1) is 24.5 Å². The van der Waals surface area contributed by atoms with Crippen molar-refractivity contribution in [2.75, 3.05) is 12.0 Å². The lowest BCUT2D eigenvalue weighted by molar-refractivity contribution is -0.132. The number of ketones is 1. The van der Waals surface area contributed by atoms with E-state index in [0.717, 1.165) is 11.1 Å². The van der Waals surface area contributed by atoms with Crippen LogP contribution >= 0.6 is 0 Å². The van der Waals surface area contributed by atoms with Crippen LogP contribution in [-0.4, -0.2) is 29.9 Å². The number of aliphatic hydroxyl groups is 1. The molecule has 1 saturated heterocycles. The summed E-state index contributed by atoms with van der Waals surface area (Å²) in [7, 11) is 1.28. The summed E-state index contributed by atoms with van der Waals surface area (Å²) in [5, 5.41) is 11.4. The van der Waals surface area contributed by atoms with E-state index in [0.29, 0.717) is 22.6 Å². The zero-order valence-corrected chi connectivity index (χ0v) is 20.3. The van der Waals surface area contributed by atoms with Crippen LogP contribution in [0.15, 0.2) is 70.9 Å². The average molecular weight is 474 g/mol. The summed E-state index contributed by atoms with van der Waals surface area (Å²) >= 11 is 0. The molecule has 1 unspecified atom stereocenters. The predicted molar refractivity (Wildman–Crippen MR) is 131 cm³/mol. The van der Waals surface area contributed by atoms with E-state index in [1.807, 2.05) is 25.1 Å². The smallest absolute Gasteiger partial charge is 0.337 e. The van der Waals surface area contributed by atoms with Crippen LogP contribution in [0.5, 0.6) is 0 Å². The number of amides is 1. The highest BCUT2D eigenvalue weighted by atomic mass is 16.5. The molecule has 2 heterocycles. The van der Waals surface area contributed by atoms with E-state index < -0.39 is 23.7 Å². The molecule has 1 aliphatic rings. The first-order chi connectivity index (χ1) is 16.5. The van der Waals surface area contributed by atoms with Crippen LogP contribution in [-0.2, 0) is 19.7 Å². The number of aryl methyl sites for hydroxylation is 1. The largest absolute Gasteiger partial charge is 0.507 e. The molecule has 0 saturated carbocycles. The van der Waals surface area contributed by atoms with Crippen molar-refractivity contribution in [2.45, 2.75) is 39.2 Å². The first-order valence-electron chi connectivity index (χ1n) is 11.2. The maximum Gasteiger partial charge on any atom is 0.337 e. The van der Waals surface area contributed by atoms with Gasteiger partial charge in [0.1, 0.15) is 17.6 Å². The topological polar surface area (TPSA) is 97.0 Å². The zero-order chi connectivity index (χ0) is 25.5. The number of nitrogens with zero attached hydrogens (tertiary/aromatic N) is 1. The Balaban J connectivity index is 1.90. The quantitative estimate of drug-likeness (QED) is 0.239. The van der Waals surface area contributed by atoms with Crippen molar-refractivity contribution < 1.29 is 28.6 Å². The number of Topliss-reactive ketones (excluding diaryl/α,β-unsaturated/α-hetero) is 1. The van der Waals surface area contributed by atoms with Gasteiger partial charge < -0.3 is 14.3 Å². The number of carbonyl (C=O) groups excluding carboxylic acids is 3. The maximum absolute atomic E-state index is 13.3. The lowest BCUT2D eigenvalue weighted by Crippen LogP contribution is -2.29. The third kappa shape index (κ3) is 4.25. The summed E-state index contributed by atoms with van der Waals surface area (Å²) in [5.74, 6) is -2.07. The summed E-state index contributed by atoms with van der Waals surface area (Å²) in [6, 6.07) is 14.2. The van der Waals surface area contributed by atoms with Gasteiger partial charge in [0.25, 0.3) is 11.7 Å². The van der Waals surface area contributed by atoms with Crippen LogP contribution in [0.25, 0.3) is 5.76 Å². The van der Waals surface area contributed by atoms with Crippen molar-refractivity contribution in [1.82, 2.24) is 0 Å². The van der Waals surface area contributed by atoms with Crippen LogP contribution in [0.4, 0.5) is 5.69 Å². The van der Waals surface area contributed by atoms with Gasteiger partial charge in [-0.2, -0.15) is 0 Å². The molecule has 35 heavy (non-hydrogen) atoms. The SMILES string of the molecule is COC(=O)c1ccc(N2C(=O)C(=O)/C(=C(/O)c3cc(C(C)(C)C)ccc3C)C2c2ccco2)cc1. The molecule has 1 aliphatic heterocycles. The van der Waals surface area contributed by atoms with Gasteiger partial charge in [-0.25, -0.2) is 4.79 Å². The number of rotatable bonds is 4. The molecule has 2 aromatic carbocycles. The van der Waals surface area contributed by atoms with Crippen molar-refractivity contribution in [3.05, 3.63) is 94.4 Å². The molecule has 0 aliphatic carbocycles. The molecular weight excluding hydrogens is 446 g/mol. The van der Waals surface area contributed by atoms with E-state index in [1.54, 1.807) is 24.3 Å². The fourth-order valence-electron chi connectivity index (χ4n) is 4.18. The molecule has 1 N–H and O–H groups in total. The third-order valence-electron chi connectivity index (χ3n) is 6.18. The molecule has 1 amide bonds. The van der Waals surface area contributed by atoms with Crippen LogP contribution in [0.3, 0.4) is 0 Å². The van der Waals surface area contributed by atoms with Gasteiger partial charge in [-0.3, -0.25) is 14.5 Å². The second-order valence-electron chi connectivity index (χ2n) is 9.50. The number of methoxy groups -OCH3 is 1. The third-order valence-corrected chi connectivity index (χ3v) is 6.18. The Hall–Kier alpha value is -4.13. The Morgan fingerprint density at radius 2 is 1.74 bits per heavy atom. The van der Waals surface area contributed by atoms with Crippen LogP contribution < -0.4 is 4.90 Å². The van der Waals surface area contributed by atoms with Gasteiger partial charge in [0.15, 0.2) is 0 Å². The summed E-state index contributed by atoms with van der Waals surface area (Å²) in [6.07, 6.45) is 1.45. The number of esters is 1. The second-order valence-corrected chi connectivity index (χ2v) is 9.50. The van der Waals surface area contributed by atoms with E-state index in [1.165, 1.54) is 30.4 Å². The Morgan fingerprint density at radius 3 is 2.31 bits per heavy atom. The molecule has 0 radical (unpaired) electrons. The van der Waals surface area contributed by atoms with Crippen LogP contribution in [0.2, 0.25) is 0 Å². The minimum atomic E-state index is -0.980. The molecule has 0 bridgehead atoms. The Bertz CT molecular complexity index is 1330. The van der Waals surface area contributed by atoms with E-state index >= 15 is 0 Å². The number of benzene rings is 2. The highest BCUT2D eigenvalue weighted by Gasteiger charge is 2.48. The molecular formula is C28H27NO6. The summed E-state index contributed by atoms with van der Waals surface area (Å²) in [4.78, 5) is 39.6. The highest BCUT2D eigenvalue weighted by molar-refractivity contribution is 6.51. The van der Waals surface area contributed by atoms with Gasteiger partial charge in [-0.05, 0) is 65.9 Å². The highest BCUT2D eigenvalue weighted by Crippen LogP contribution is 2.43. The number of anilines is 1. The minimum absolute atomic E-state index is 0.0591. The van der Waals surface area contributed by atoms with E-state index in [-0.39, 0.29) is 16.7 Å². The molecule has 0 spiro atoms. The van der Waals surface area contributed by atoms with Crippen LogP contribution in [0.1, 0.15) is 59.6 Å². The van der Waals surface area contributed by atoms with Crippen molar-refractivity contribution in [3.8, 4) is 0 Å². The summed E-state index contributed by atoms with van der Waals surface area (Å²) < 4.78 is 10.3. The normalized spacial score (nSPS) is 17.6. The number of carbonyl (C=O) groups is 3. The Kier molecular flexibility index (Phi) is 6.11. The number of ether oxygens (including phenoxy) is 1. The summed E-state index contributed by atoms with van der Waals surface area (Å²) in [6.45, 7) is 8.01. The molecule has 3 aromatic rings. The van der Waals surface area contributed by atoms with Gasteiger partial charge in [-0.1, -0.05) is 32.9 Å². The Labute approximate surface area is 203 Å². The molecule has 1 aromatic heterocycles. The fraction of sp³-hybridized carbons (Fsp3) is 0.250. The average Bonchev–Trinajstić information content (AvgIpc) is 3.45. The lowest BCUT2D eigenvalue weighted by atomic mass is 9.84. The van der Waals surface area contributed by atoms with Crippen molar-refractivity contribution in [3.63, 3.8) is 0 Å². The monoisotopic (exact) mass is 473 g/mol. The lowest BCUT2D eigenvalue weighted by Gasteiger charge is -2.24. The predicted octanol–water partition coefficient (Wildman–Crippen LogP) is 5.30. The van der Waals surface area contributed by atoms with Crippen LogP contribution in [0, 0.1) is 6.92 Å². The molecule has 180 valence electrons. The van der Waals surface area contributed by atoms with E-state index in [9.17, 15) is 19.5 Å². The van der Waals surface area contributed by atoms with E-state index in [2.05, 4.69) is 20.8 Å². The van der Waals surface area contributed by atoms with Crippen molar-refractivity contribution in [2.24, 2.45) is 0 Å². The maximum atomic E-state index is 13.3. The molecule has 7 heteroatoms. The second kappa shape index (κ2) is 8.91. The Morgan fingerprint density at radius 1 is 1.06 bits per heavy atom. The molecule has 1 fully saturated rings. The number of hydrogen-bond acceptors (Lipinski definition) is 6. The van der Waals surface area contributed by atoms with Gasteiger partial charge in [0.2, 0.25) is 0 Å². The van der Waals surface area contributed by atoms with E-state index in [4.69, 9.17) is 9.15 Å². The molecule has 7 nitrogen and oxygen atoms in total. The number of furan rings is 1. The first-order valence-corrected chi connectivity index (χ1v) is 11.2. The summed E-state index contributed by atoms with van der Waals surface area (Å²) in [5.41, 5.74) is 2.66. The standard InChI is InChI=1S/C28H27NO6/c1-16-8-11-18(28(2,3)4)15-20(16)24(30)22-23(21-7-6-14-35-21)29(26(32)25(22)31)19-12-9-17(10-13-19)27(33)34-5/h6-15,23,30H,1-5H3/b24-22+. The minimum Gasteiger partial charge on any atom is -0.507 e. The molecule has 1 atom stereocenters. The first kappa shape index (κ1) is 24.0. The van der Waals surface area contributed by atoms with Gasteiger partial charge in [-0.15, -0.1) is 0 Å². The van der Waals surface area contributed by atoms with Crippen molar-refractivity contribution in [1.29, 1.82) is 0 Å².